The van der Waals surface area contributed by atoms with E-state index >= 15 is 0 Å². The van der Waals surface area contributed by atoms with E-state index in [4.69, 9.17) is 16.3 Å². The second-order valence-corrected chi connectivity index (χ2v) is 5.76. The van der Waals surface area contributed by atoms with Crippen molar-refractivity contribution in [3.8, 4) is 0 Å². The number of amides is 1. The van der Waals surface area contributed by atoms with Gasteiger partial charge < -0.3 is 14.6 Å². The summed E-state index contributed by atoms with van der Waals surface area (Å²) in [5.74, 6) is -1.78. The number of hydrogen-bond acceptors (Lipinski definition) is 6. The van der Waals surface area contributed by atoms with Gasteiger partial charge >= 0.3 is 5.97 Å². The first-order valence-corrected chi connectivity index (χ1v) is 7.65. The van der Waals surface area contributed by atoms with Crippen LogP contribution in [0.3, 0.4) is 0 Å². The van der Waals surface area contributed by atoms with Crippen LogP contribution < -0.4 is 5.32 Å². The highest BCUT2D eigenvalue weighted by molar-refractivity contribution is 6.31. The number of aryl methyl sites for hydroxylation is 1. The molecule has 0 aliphatic rings. The van der Waals surface area contributed by atoms with Crippen LogP contribution in [-0.4, -0.2) is 33.8 Å². The van der Waals surface area contributed by atoms with Crippen LogP contribution in [0.5, 0.6) is 0 Å². The fraction of sp³-hybridized carbons (Fsp3) is 0.188. The number of ketones is 1. The summed E-state index contributed by atoms with van der Waals surface area (Å²) < 4.78 is 6.28. The summed E-state index contributed by atoms with van der Waals surface area (Å²) in [7, 11) is 1.56. The predicted molar refractivity (Wildman–Crippen MR) is 92.4 cm³/mol. The van der Waals surface area contributed by atoms with E-state index in [2.05, 4.69) is 5.32 Å². The molecular weight excluding hydrogens is 366 g/mol. The maximum atomic E-state index is 12.0. The van der Waals surface area contributed by atoms with Crippen molar-refractivity contribution < 1.29 is 24.0 Å². The highest BCUT2D eigenvalue weighted by Crippen LogP contribution is 2.27. The van der Waals surface area contributed by atoms with Gasteiger partial charge in [-0.1, -0.05) is 11.6 Å². The van der Waals surface area contributed by atoms with Gasteiger partial charge in [0.25, 0.3) is 11.6 Å². The van der Waals surface area contributed by atoms with Crippen LogP contribution in [0, 0.1) is 10.1 Å². The van der Waals surface area contributed by atoms with E-state index in [1.54, 1.807) is 7.05 Å². The van der Waals surface area contributed by atoms with Crippen molar-refractivity contribution in [2.75, 3.05) is 11.9 Å². The molecule has 2 aromatic rings. The maximum absolute atomic E-state index is 12.0. The number of benzene rings is 1. The zero-order valence-corrected chi connectivity index (χ0v) is 14.6. The molecule has 0 atom stereocenters. The molecule has 136 valence electrons. The predicted octanol–water partition coefficient (Wildman–Crippen LogP) is 2.58. The van der Waals surface area contributed by atoms with Gasteiger partial charge in [0.2, 0.25) is 0 Å². The summed E-state index contributed by atoms with van der Waals surface area (Å²) in [6.45, 7) is 0.704. The monoisotopic (exact) mass is 379 g/mol. The van der Waals surface area contributed by atoms with Gasteiger partial charge in [0.1, 0.15) is 11.4 Å². The van der Waals surface area contributed by atoms with Gasteiger partial charge in [-0.15, -0.1) is 0 Å². The number of anilines is 1. The average molecular weight is 380 g/mol. The SMILES string of the molecule is CC(=O)c1cc(C(=O)OCC(=O)Nc2ccc(Cl)cc2[N+](=O)[O-])n(C)c1. The summed E-state index contributed by atoms with van der Waals surface area (Å²) in [6, 6.07) is 5.10. The normalized spacial score (nSPS) is 10.3. The molecule has 0 saturated heterocycles. The lowest BCUT2D eigenvalue weighted by Crippen LogP contribution is -2.22. The molecule has 2 rings (SSSR count). The van der Waals surface area contributed by atoms with Crippen molar-refractivity contribution in [3.63, 3.8) is 0 Å². The Hall–Kier alpha value is -3.20. The van der Waals surface area contributed by atoms with Gasteiger partial charge in [0, 0.05) is 29.9 Å². The first-order valence-electron chi connectivity index (χ1n) is 7.27. The van der Waals surface area contributed by atoms with Crippen LogP contribution in [0.4, 0.5) is 11.4 Å². The Kier molecular flexibility index (Phi) is 5.73. The Morgan fingerprint density at radius 2 is 2.00 bits per heavy atom. The molecule has 0 aliphatic carbocycles. The number of nitrogens with zero attached hydrogens (tertiary/aromatic N) is 2. The van der Waals surface area contributed by atoms with Crippen molar-refractivity contribution in [2.24, 2.45) is 7.05 Å². The van der Waals surface area contributed by atoms with Gasteiger partial charge in [0.15, 0.2) is 12.4 Å². The van der Waals surface area contributed by atoms with Crippen molar-refractivity contribution in [2.45, 2.75) is 6.92 Å². The Balaban J connectivity index is 2.02. The number of esters is 1. The Morgan fingerprint density at radius 1 is 1.31 bits per heavy atom. The molecule has 1 aromatic heterocycles. The lowest BCUT2D eigenvalue weighted by molar-refractivity contribution is -0.383. The second-order valence-electron chi connectivity index (χ2n) is 5.32. The quantitative estimate of drug-likeness (QED) is 0.356. The number of hydrogen-bond donors (Lipinski definition) is 1. The molecule has 0 radical (unpaired) electrons. The Labute approximate surface area is 152 Å². The Morgan fingerprint density at radius 3 is 2.58 bits per heavy atom. The number of carbonyl (C=O) groups is 3. The highest BCUT2D eigenvalue weighted by Gasteiger charge is 2.19. The second kappa shape index (κ2) is 7.79. The van der Waals surface area contributed by atoms with Crippen molar-refractivity contribution in [1.82, 2.24) is 4.57 Å². The number of nitro groups is 1. The molecule has 0 spiro atoms. The van der Waals surface area contributed by atoms with Crippen molar-refractivity contribution >= 4 is 40.6 Å². The van der Waals surface area contributed by atoms with E-state index < -0.39 is 23.4 Å². The Bertz CT molecular complexity index is 905. The highest BCUT2D eigenvalue weighted by atomic mass is 35.5. The zero-order chi connectivity index (χ0) is 19.4. The van der Waals surface area contributed by atoms with Gasteiger partial charge in [-0.05, 0) is 25.1 Å². The molecule has 10 heteroatoms. The number of ether oxygens (including phenoxy) is 1. The summed E-state index contributed by atoms with van der Waals surface area (Å²) in [5.41, 5.74) is -0.0231. The molecule has 0 aliphatic heterocycles. The lowest BCUT2D eigenvalue weighted by Gasteiger charge is -2.07. The van der Waals surface area contributed by atoms with Crippen LogP contribution in [0.15, 0.2) is 30.5 Å². The number of halogens is 1. The molecule has 1 N–H and O–H groups in total. The lowest BCUT2D eigenvalue weighted by atomic mass is 10.2. The van der Waals surface area contributed by atoms with Crippen LogP contribution in [-0.2, 0) is 16.6 Å². The van der Waals surface area contributed by atoms with Crippen LogP contribution in [0.1, 0.15) is 27.8 Å². The molecule has 0 saturated carbocycles. The third-order valence-corrected chi connectivity index (χ3v) is 3.62. The fourth-order valence-electron chi connectivity index (χ4n) is 2.11. The summed E-state index contributed by atoms with van der Waals surface area (Å²) >= 11 is 5.69. The molecule has 26 heavy (non-hydrogen) atoms. The minimum absolute atomic E-state index is 0.0711. The van der Waals surface area contributed by atoms with E-state index in [0.29, 0.717) is 5.56 Å². The van der Waals surface area contributed by atoms with E-state index in [1.165, 1.54) is 35.9 Å². The van der Waals surface area contributed by atoms with Gasteiger partial charge in [0.05, 0.1) is 4.92 Å². The minimum Gasteiger partial charge on any atom is -0.451 e. The molecular formula is C16H14ClN3O6. The average Bonchev–Trinajstić information content (AvgIpc) is 2.96. The number of nitro benzene ring substituents is 1. The number of rotatable bonds is 6. The zero-order valence-electron chi connectivity index (χ0n) is 13.8. The fourth-order valence-corrected chi connectivity index (χ4v) is 2.28. The standard InChI is InChI=1S/C16H14ClN3O6/c1-9(21)10-5-14(19(2)7-10)16(23)26-8-15(22)18-12-4-3-11(17)6-13(12)20(24)25/h3-7H,8H2,1-2H3,(H,18,22). The topological polar surface area (TPSA) is 121 Å². The third-order valence-electron chi connectivity index (χ3n) is 3.39. The van der Waals surface area contributed by atoms with Gasteiger partial charge in [-0.2, -0.15) is 0 Å². The van der Waals surface area contributed by atoms with Crippen LogP contribution >= 0.6 is 11.6 Å². The summed E-state index contributed by atoms with van der Waals surface area (Å²) in [5, 5.41) is 13.4. The maximum Gasteiger partial charge on any atom is 0.355 e. The molecule has 0 fully saturated rings. The number of carbonyl (C=O) groups excluding carboxylic acids is 3. The molecule has 0 unspecified atom stereocenters. The third kappa shape index (κ3) is 4.45. The first kappa shape index (κ1) is 19.1. The summed E-state index contributed by atoms with van der Waals surface area (Å²) in [6.07, 6.45) is 1.47. The van der Waals surface area contributed by atoms with Crippen LogP contribution in [0.2, 0.25) is 5.02 Å². The number of aromatic nitrogens is 1. The van der Waals surface area contributed by atoms with E-state index in [1.807, 2.05) is 0 Å². The minimum atomic E-state index is -0.805. The van der Waals surface area contributed by atoms with E-state index in [9.17, 15) is 24.5 Å². The van der Waals surface area contributed by atoms with Crippen molar-refractivity contribution in [1.29, 1.82) is 0 Å². The number of nitrogens with one attached hydrogen (secondary N) is 1. The van der Waals surface area contributed by atoms with E-state index in [0.717, 1.165) is 6.07 Å². The number of Topliss-reactive ketones (excluding diaryl/α,β-unsaturated/α-hetero) is 1. The van der Waals surface area contributed by atoms with Crippen molar-refractivity contribution in [3.05, 3.63) is 56.9 Å². The largest absolute Gasteiger partial charge is 0.451 e. The van der Waals surface area contributed by atoms with Gasteiger partial charge in [-0.3, -0.25) is 19.7 Å². The smallest absolute Gasteiger partial charge is 0.355 e. The molecule has 1 aromatic carbocycles. The first-order chi connectivity index (χ1) is 12.2. The molecule has 1 heterocycles. The van der Waals surface area contributed by atoms with Gasteiger partial charge in [-0.25, -0.2) is 4.79 Å². The molecule has 9 nitrogen and oxygen atoms in total. The van der Waals surface area contributed by atoms with E-state index in [-0.39, 0.29) is 27.9 Å². The molecule has 1 amide bonds. The van der Waals surface area contributed by atoms with Crippen LogP contribution in [0.25, 0.3) is 0 Å². The molecule has 0 bridgehead atoms. The summed E-state index contributed by atoms with van der Waals surface area (Å²) in [4.78, 5) is 45.5.